The Balaban J connectivity index is 2.90. The van der Waals surface area contributed by atoms with Gasteiger partial charge in [0.1, 0.15) is 5.90 Å². The first kappa shape index (κ1) is 7.75. The van der Waals surface area contributed by atoms with E-state index in [1.54, 1.807) is 24.3 Å². The van der Waals surface area contributed by atoms with Crippen molar-refractivity contribution in [1.82, 2.24) is 5.90 Å². The molecular weight excluding hydrogens is 142 g/mol. The Morgan fingerprint density at radius 2 is 1.91 bits per heavy atom. The van der Waals surface area contributed by atoms with Gasteiger partial charge in [-0.15, -0.1) is 0 Å². The lowest BCUT2D eigenvalue weighted by atomic mass is 10.2. The first-order valence-corrected chi connectivity index (χ1v) is 3.16. The van der Waals surface area contributed by atoms with Crippen molar-refractivity contribution < 1.29 is 9.63 Å². The fourth-order valence-corrected chi connectivity index (χ4v) is 0.742. The van der Waals surface area contributed by atoms with E-state index in [9.17, 15) is 4.79 Å². The second kappa shape index (κ2) is 3.16. The molecule has 3 nitrogen and oxygen atoms in total. The highest BCUT2D eigenvalue weighted by atomic mass is 16.7. The fraction of sp³-hybridized carbons (Fsp3) is 0.125. The van der Waals surface area contributed by atoms with Crippen molar-refractivity contribution in [1.29, 1.82) is 0 Å². The minimum Gasteiger partial charge on any atom is -0.324 e. The van der Waals surface area contributed by atoms with Gasteiger partial charge in [0.15, 0.2) is 0 Å². The molecule has 0 saturated heterocycles. The van der Waals surface area contributed by atoms with Crippen LogP contribution in [0, 0.1) is 6.92 Å². The standard InChI is InChI=1S/C8H7NO2/c1-6-2-4-7(5-3-6)8(10)11-9/h2-5H,1H3. The van der Waals surface area contributed by atoms with Crippen molar-refractivity contribution in [3.05, 3.63) is 35.4 Å². The van der Waals surface area contributed by atoms with Gasteiger partial charge in [-0.05, 0) is 19.1 Å². The third kappa shape index (κ3) is 1.78. The molecule has 2 radical (unpaired) electrons. The van der Waals surface area contributed by atoms with Crippen LogP contribution >= 0.6 is 0 Å². The van der Waals surface area contributed by atoms with Crippen LogP contribution in [-0.4, -0.2) is 5.97 Å². The molecule has 0 aliphatic carbocycles. The zero-order chi connectivity index (χ0) is 8.27. The Hall–Kier alpha value is -1.35. The average molecular weight is 149 g/mol. The van der Waals surface area contributed by atoms with Crippen molar-refractivity contribution in [3.8, 4) is 0 Å². The van der Waals surface area contributed by atoms with E-state index in [-0.39, 0.29) is 0 Å². The topological polar surface area (TPSA) is 48.6 Å². The molecule has 1 rings (SSSR count). The molecule has 0 atom stereocenters. The first-order chi connectivity index (χ1) is 5.24. The Morgan fingerprint density at radius 3 is 2.36 bits per heavy atom. The summed E-state index contributed by atoms with van der Waals surface area (Å²) >= 11 is 0. The molecule has 0 N–H and O–H groups in total. The van der Waals surface area contributed by atoms with E-state index in [2.05, 4.69) is 4.84 Å². The molecule has 0 fully saturated rings. The van der Waals surface area contributed by atoms with Gasteiger partial charge in [0, 0.05) is 0 Å². The van der Waals surface area contributed by atoms with Gasteiger partial charge < -0.3 is 4.84 Å². The zero-order valence-electron chi connectivity index (χ0n) is 6.07. The fourth-order valence-electron chi connectivity index (χ4n) is 0.742. The van der Waals surface area contributed by atoms with E-state index < -0.39 is 5.97 Å². The van der Waals surface area contributed by atoms with Crippen LogP contribution in [0.1, 0.15) is 15.9 Å². The first-order valence-electron chi connectivity index (χ1n) is 3.16. The van der Waals surface area contributed by atoms with E-state index in [4.69, 9.17) is 5.90 Å². The third-order valence-electron chi connectivity index (χ3n) is 1.37. The molecule has 0 saturated carbocycles. The van der Waals surface area contributed by atoms with Gasteiger partial charge in [0.05, 0.1) is 5.56 Å². The van der Waals surface area contributed by atoms with Gasteiger partial charge in [0.25, 0.3) is 0 Å². The predicted octanol–water partition coefficient (Wildman–Crippen LogP) is 1.14. The van der Waals surface area contributed by atoms with Gasteiger partial charge in [-0.2, -0.15) is 0 Å². The summed E-state index contributed by atoms with van der Waals surface area (Å²) in [4.78, 5) is 14.2. The minimum atomic E-state index is -0.731. The molecule has 0 heterocycles. The maximum Gasteiger partial charge on any atom is 0.360 e. The number of benzene rings is 1. The zero-order valence-corrected chi connectivity index (χ0v) is 6.07. The molecule has 1 aromatic carbocycles. The maximum absolute atomic E-state index is 10.7. The van der Waals surface area contributed by atoms with Gasteiger partial charge in [0.2, 0.25) is 0 Å². The van der Waals surface area contributed by atoms with Crippen molar-refractivity contribution in [2.75, 3.05) is 0 Å². The smallest absolute Gasteiger partial charge is 0.324 e. The molecule has 56 valence electrons. The van der Waals surface area contributed by atoms with Crippen molar-refractivity contribution in [2.45, 2.75) is 6.92 Å². The molecule has 3 heteroatoms. The van der Waals surface area contributed by atoms with E-state index in [1.165, 1.54) is 0 Å². The molecule has 0 amide bonds. The van der Waals surface area contributed by atoms with Crippen LogP contribution in [0.4, 0.5) is 0 Å². The van der Waals surface area contributed by atoms with E-state index >= 15 is 0 Å². The number of carbonyl (C=O) groups is 1. The highest BCUT2D eigenvalue weighted by molar-refractivity contribution is 5.89. The molecule has 1 aromatic rings. The molecule has 0 aliphatic rings. The maximum atomic E-state index is 10.7. The Labute approximate surface area is 64.7 Å². The lowest BCUT2D eigenvalue weighted by Gasteiger charge is -1.95. The van der Waals surface area contributed by atoms with Crippen LogP contribution in [-0.2, 0) is 4.84 Å². The van der Waals surface area contributed by atoms with Crippen LogP contribution in [0.2, 0.25) is 0 Å². The molecule has 0 spiro atoms. The monoisotopic (exact) mass is 149 g/mol. The second-order valence-electron chi connectivity index (χ2n) is 2.24. The van der Waals surface area contributed by atoms with Crippen molar-refractivity contribution in [3.63, 3.8) is 0 Å². The Kier molecular flexibility index (Phi) is 2.23. The third-order valence-corrected chi connectivity index (χ3v) is 1.37. The predicted molar refractivity (Wildman–Crippen MR) is 38.7 cm³/mol. The van der Waals surface area contributed by atoms with Gasteiger partial charge in [-0.1, -0.05) is 17.7 Å². The number of aryl methyl sites for hydroxylation is 1. The highest BCUT2D eigenvalue weighted by Crippen LogP contribution is 2.03. The molecule has 0 unspecified atom stereocenters. The van der Waals surface area contributed by atoms with E-state index in [0.29, 0.717) is 5.56 Å². The summed E-state index contributed by atoms with van der Waals surface area (Å²) in [5.74, 6) is 7.28. The van der Waals surface area contributed by atoms with Crippen LogP contribution in [0.25, 0.3) is 0 Å². The Morgan fingerprint density at radius 1 is 1.36 bits per heavy atom. The number of hydrogen-bond donors (Lipinski definition) is 0. The van der Waals surface area contributed by atoms with Crippen LogP contribution in [0.3, 0.4) is 0 Å². The average Bonchev–Trinajstić information content (AvgIpc) is 2.05. The number of nitrogens with zero attached hydrogens (tertiary/aromatic N) is 1. The summed E-state index contributed by atoms with van der Waals surface area (Å²) in [6.45, 7) is 1.91. The molecule has 0 bridgehead atoms. The molecule has 11 heavy (non-hydrogen) atoms. The summed E-state index contributed by atoms with van der Waals surface area (Å²) in [7, 11) is 0. The highest BCUT2D eigenvalue weighted by Gasteiger charge is 2.04. The van der Waals surface area contributed by atoms with E-state index in [0.717, 1.165) is 5.56 Å². The molecular formula is C8H7NO2. The van der Waals surface area contributed by atoms with Crippen LogP contribution in [0.5, 0.6) is 0 Å². The normalized spacial score (nSPS) is 9.27. The van der Waals surface area contributed by atoms with Crippen molar-refractivity contribution in [2.24, 2.45) is 0 Å². The number of carbonyl (C=O) groups excluding carboxylic acids is 1. The molecule has 0 aliphatic heterocycles. The summed E-state index contributed by atoms with van der Waals surface area (Å²) < 4.78 is 0. The Bertz CT molecular complexity index is 253. The van der Waals surface area contributed by atoms with Crippen molar-refractivity contribution >= 4 is 5.97 Å². The van der Waals surface area contributed by atoms with E-state index in [1.807, 2.05) is 6.92 Å². The summed E-state index contributed by atoms with van der Waals surface area (Å²) in [6.07, 6.45) is 0. The van der Waals surface area contributed by atoms with Gasteiger partial charge in [-0.3, -0.25) is 0 Å². The lowest BCUT2D eigenvalue weighted by Crippen LogP contribution is -2.02. The number of hydrogen-bond acceptors (Lipinski definition) is 2. The quantitative estimate of drug-likeness (QED) is 0.562. The lowest BCUT2D eigenvalue weighted by molar-refractivity contribution is 0.0464. The SMILES string of the molecule is Cc1ccc(C(=O)O[N])cc1. The largest absolute Gasteiger partial charge is 0.360 e. The summed E-state index contributed by atoms with van der Waals surface area (Å²) in [6, 6.07) is 6.72. The molecule has 0 aromatic heterocycles. The number of rotatable bonds is 1. The second-order valence-corrected chi connectivity index (χ2v) is 2.24. The summed E-state index contributed by atoms with van der Waals surface area (Å²) in [5.41, 5.74) is 1.40. The minimum absolute atomic E-state index is 0.345. The van der Waals surface area contributed by atoms with Crippen LogP contribution < -0.4 is 5.90 Å². The van der Waals surface area contributed by atoms with Crippen LogP contribution in [0.15, 0.2) is 24.3 Å². The van der Waals surface area contributed by atoms with Gasteiger partial charge in [-0.25, -0.2) is 4.79 Å². The summed E-state index contributed by atoms with van der Waals surface area (Å²) in [5, 5.41) is 0. The van der Waals surface area contributed by atoms with Gasteiger partial charge >= 0.3 is 5.97 Å².